The lowest BCUT2D eigenvalue weighted by atomic mass is 9.81. The van der Waals surface area contributed by atoms with Gasteiger partial charge < -0.3 is 10.5 Å². The van der Waals surface area contributed by atoms with E-state index >= 15 is 0 Å². The molecule has 30 heavy (non-hydrogen) atoms. The van der Waals surface area contributed by atoms with Crippen molar-refractivity contribution in [2.24, 2.45) is 17.6 Å². The van der Waals surface area contributed by atoms with Crippen LogP contribution in [0.3, 0.4) is 0 Å². The average molecular weight is 404 g/mol. The van der Waals surface area contributed by atoms with Crippen LogP contribution in [0.5, 0.6) is 5.75 Å². The van der Waals surface area contributed by atoms with Gasteiger partial charge in [-0.05, 0) is 67.5 Å². The minimum absolute atomic E-state index is 0.0125. The first-order valence-electron chi connectivity index (χ1n) is 10.7. The van der Waals surface area contributed by atoms with Gasteiger partial charge in [0, 0.05) is 6.54 Å². The number of hydrogen-bond acceptors (Lipinski definition) is 4. The van der Waals surface area contributed by atoms with Crippen molar-refractivity contribution in [3.05, 3.63) is 70.3 Å². The Bertz CT molecular complexity index is 1090. The molecule has 1 aromatic heterocycles. The second-order valence-electron chi connectivity index (χ2n) is 8.15. The average Bonchev–Trinajstić information content (AvgIpc) is 2.80. The summed E-state index contributed by atoms with van der Waals surface area (Å²) in [6, 6.07) is 15.6. The van der Waals surface area contributed by atoms with Gasteiger partial charge >= 0.3 is 0 Å². The Morgan fingerprint density at radius 2 is 1.93 bits per heavy atom. The third-order valence-corrected chi connectivity index (χ3v) is 6.08. The van der Waals surface area contributed by atoms with Crippen molar-refractivity contribution in [2.75, 3.05) is 13.7 Å². The molecule has 0 spiro atoms. The van der Waals surface area contributed by atoms with Crippen molar-refractivity contribution >= 4 is 23.1 Å². The van der Waals surface area contributed by atoms with Crippen molar-refractivity contribution < 1.29 is 4.74 Å². The molecule has 0 aliphatic heterocycles. The number of nitrogens with two attached hydrogens (primary N) is 1. The van der Waals surface area contributed by atoms with Crippen LogP contribution in [0.4, 0.5) is 0 Å². The second-order valence-corrected chi connectivity index (χ2v) is 8.15. The lowest BCUT2D eigenvalue weighted by Crippen LogP contribution is -2.31. The maximum Gasteiger partial charge on any atom is 0.261 e. The SMILES string of the molecule is COc1ccc2nc(C=Cc3ccccc3)n(CC3CCCC(CN)C3)c(=O)c2c1. The second kappa shape index (κ2) is 9.26. The molecule has 0 radical (unpaired) electrons. The number of fused-ring (bicyclic) bond motifs is 1. The Morgan fingerprint density at radius 1 is 1.13 bits per heavy atom. The number of hydrogen-bond donors (Lipinski definition) is 1. The molecule has 2 unspecified atom stereocenters. The van der Waals surface area contributed by atoms with E-state index in [1.807, 2.05) is 59.2 Å². The fourth-order valence-electron chi connectivity index (χ4n) is 4.42. The predicted octanol–water partition coefficient (Wildman–Crippen LogP) is 4.34. The standard InChI is InChI=1S/C25H29N3O2/c1-30-21-11-12-23-22(15-21)25(29)28(17-20-9-5-8-19(14-20)16-26)24(27-23)13-10-18-6-3-2-4-7-18/h2-4,6-7,10-13,15,19-20H,5,8-9,14,16-17,26H2,1H3. The highest BCUT2D eigenvalue weighted by Gasteiger charge is 2.23. The van der Waals surface area contributed by atoms with E-state index in [1.54, 1.807) is 13.2 Å². The number of aromatic nitrogens is 2. The molecule has 1 aliphatic carbocycles. The highest BCUT2D eigenvalue weighted by Crippen LogP contribution is 2.30. The largest absolute Gasteiger partial charge is 0.497 e. The minimum Gasteiger partial charge on any atom is -0.497 e. The molecule has 4 rings (SSSR count). The summed E-state index contributed by atoms with van der Waals surface area (Å²) in [5, 5.41) is 0.595. The zero-order valence-corrected chi connectivity index (χ0v) is 17.5. The van der Waals surface area contributed by atoms with Crippen LogP contribution in [-0.4, -0.2) is 23.2 Å². The molecule has 156 valence electrons. The van der Waals surface area contributed by atoms with E-state index in [0.717, 1.165) is 24.9 Å². The lowest BCUT2D eigenvalue weighted by Gasteiger charge is -2.29. The van der Waals surface area contributed by atoms with E-state index in [0.29, 0.717) is 40.9 Å². The zero-order chi connectivity index (χ0) is 20.9. The Hall–Kier alpha value is -2.92. The molecule has 1 saturated carbocycles. The van der Waals surface area contributed by atoms with Crippen molar-refractivity contribution in [1.29, 1.82) is 0 Å². The van der Waals surface area contributed by atoms with Gasteiger partial charge in [0.05, 0.1) is 18.0 Å². The molecule has 5 heteroatoms. The van der Waals surface area contributed by atoms with Gasteiger partial charge in [0.2, 0.25) is 0 Å². The van der Waals surface area contributed by atoms with Crippen LogP contribution in [0.2, 0.25) is 0 Å². The van der Waals surface area contributed by atoms with Gasteiger partial charge in [0.15, 0.2) is 0 Å². The van der Waals surface area contributed by atoms with Crippen LogP contribution in [0.15, 0.2) is 53.3 Å². The lowest BCUT2D eigenvalue weighted by molar-refractivity contribution is 0.245. The van der Waals surface area contributed by atoms with E-state index in [1.165, 1.54) is 12.8 Å². The summed E-state index contributed by atoms with van der Waals surface area (Å²) in [4.78, 5) is 18.3. The molecule has 1 aliphatic rings. The maximum absolute atomic E-state index is 13.5. The molecule has 3 aromatic rings. The molecule has 0 amide bonds. The summed E-state index contributed by atoms with van der Waals surface area (Å²) in [6.45, 7) is 1.39. The quantitative estimate of drug-likeness (QED) is 0.665. The normalized spacial score (nSPS) is 19.4. The van der Waals surface area contributed by atoms with Crippen molar-refractivity contribution in [3.63, 3.8) is 0 Å². The van der Waals surface area contributed by atoms with E-state index in [4.69, 9.17) is 15.5 Å². The molecular formula is C25H29N3O2. The minimum atomic E-state index is -0.0125. The monoisotopic (exact) mass is 403 g/mol. The molecular weight excluding hydrogens is 374 g/mol. The molecule has 2 atom stereocenters. The van der Waals surface area contributed by atoms with E-state index < -0.39 is 0 Å². The van der Waals surface area contributed by atoms with Gasteiger partial charge in [0.1, 0.15) is 11.6 Å². The van der Waals surface area contributed by atoms with Crippen LogP contribution >= 0.6 is 0 Å². The van der Waals surface area contributed by atoms with Gasteiger partial charge in [-0.3, -0.25) is 9.36 Å². The van der Waals surface area contributed by atoms with Crippen LogP contribution in [-0.2, 0) is 6.54 Å². The first-order chi connectivity index (χ1) is 14.7. The van der Waals surface area contributed by atoms with Crippen molar-refractivity contribution in [3.8, 4) is 5.75 Å². The molecule has 2 aromatic carbocycles. The highest BCUT2D eigenvalue weighted by molar-refractivity contribution is 5.81. The van der Waals surface area contributed by atoms with Gasteiger partial charge in [-0.1, -0.05) is 42.8 Å². The zero-order valence-electron chi connectivity index (χ0n) is 17.5. The number of methoxy groups -OCH3 is 1. The van der Waals surface area contributed by atoms with Crippen LogP contribution in [0.25, 0.3) is 23.1 Å². The Morgan fingerprint density at radius 3 is 2.70 bits per heavy atom. The smallest absolute Gasteiger partial charge is 0.261 e. The fourth-order valence-corrected chi connectivity index (χ4v) is 4.42. The predicted molar refractivity (Wildman–Crippen MR) is 122 cm³/mol. The Kier molecular flexibility index (Phi) is 6.29. The van der Waals surface area contributed by atoms with Gasteiger partial charge in [-0.25, -0.2) is 4.98 Å². The molecule has 2 N–H and O–H groups in total. The van der Waals surface area contributed by atoms with Crippen LogP contribution < -0.4 is 16.0 Å². The number of ether oxygens (including phenoxy) is 1. The summed E-state index contributed by atoms with van der Waals surface area (Å²) in [6.07, 6.45) is 8.52. The third kappa shape index (κ3) is 4.46. The summed E-state index contributed by atoms with van der Waals surface area (Å²) < 4.78 is 7.17. The molecule has 0 bridgehead atoms. The van der Waals surface area contributed by atoms with Gasteiger partial charge in [0.25, 0.3) is 5.56 Å². The van der Waals surface area contributed by atoms with E-state index in [-0.39, 0.29) is 5.56 Å². The summed E-state index contributed by atoms with van der Waals surface area (Å²) >= 11 is 0. The van der Waals surface area contributed by atoms with Crippen molar-refractivity contribution in [1.82, 2.24) is 9.55 Å². The topological polar surface area (TPSA) is 70.1 Å². The molecule has 0 saturated heterocycles. The fraction of sp³-hybridized carbons (Fsp3) is 0.360. The molecule has 1 fully saturated rings. The number of nitrogens with zero attached hydrogens (tertiary/aromatic N) is 2. The van der Waals surface area contributed by atoms with Gasteiger partial charge in [-0.2, -0.15) is 0 Å². The summed E-state index contributed by atoms with van der Waals surface area (Å²) in [7, 11) is 1.61. The molecule has 1 heterocycles. The first-order valence-corrected chi connectivity index (χ1v) is 10.7. The van der Waals surface area contributed by atoms with E-state index in [2.05, 4.69) is 0 Å². The van der Waals surface area contributed by atoms with Gasteiger partial charge in [-0.15, -0.1) is 0 Å². The molecule has 5 nitrogen and oxygen atoms in total. The first kappa shape index (κ1) is 20.4. The number of rotatable bonds is 6. The van der Waals surface area contributed by atoms with Crippen molar-refractivity contribution in [2.45, 2.75) is 32.2 Å². The van der Waals surface area contributed by atoms with Crippen LogP contribution in [0, 0.1) is 11.8 Å². The summed E-state index contributed by atoms with van der Waals surface area (Å²) in [5.74, 6) is 2.35. The maximum atomic E-state index is 13.5. The van der Waals surface area contributed by atoms with E-state index in [9.17, 15) is 4.79 Å². The Labute approximate surface area is 177 Å². The van der Waals surface area contributed by atoms with Crippen LogP contribution in [0.1, 0.15) is 37.1 Å². The third-order valence-electron chi connectivity index (χ3n) is 6.08. The summed E-state index contributed by atoms with van der Waals surface area (Å²) in [5.41, 5.74) is 7.68. The highest BCUT2D eigenvalue weighted by atomic mass is 16.5. The Balaban J connectivity index is 1.76. The number of benzene rings is 2.